The van der Waals surface area contributed by atoms with Crippen molar-refractivity contribution in [2.45, 2.75) is 13.8 Å². The van der Waals surface area contributed by atoms with E-state index in [2.05, 4.69) is 20.9 Å². The zero-order valence-corrected chi connectivity index (χ0v) is 13.1. The van der Waals surface area contributed by atoms with E-state index in [1.165, 1.54) is 6.07 Å². The number of halogens is 1. The highest BCUT2D eigenvalue weighted by atomic mass is 79.9. The van der Waals surface area contributed by atoms with E-state index in [0.717, 1.165) is 15.7 Å². The molecule has 2 aromatic rings. The number of carbonyl (C=O) groups excluding carboxylic acids is 1. The van der Waals surface area contributed by atoms with Crippen LogP contribution in [0.25, 0.3) is 0 Å². The van der Waals surface area contributed by atoms with Crippen LogP contribution in [-0.4, -0.2) is 23.0 Å². The lowest BCUT2D eigenvalue weighted by atomic mass is 10.1. The summed E-state index contributed by atoms with van der Waals surface area (Å²) in [6.45, 7) is 3.65. The topological polar surface area (TPSA) is 53.4 Å². The lowest BCUT2D eigenvalue weighted by Gasteiger charge is -2.20. The summed E-state index contributed by atoms with van der Waals surface area (Å²) in [5.41, 5.74) is 2.82. The molecular formula is C15H15BrN2O2. The van der Waals surface area contributed by atoms with Gasteiger partial charge in [-0.2, -0.15) is 0 Å². The Morgan fingerprint density at radius 2 is 1.95 bits per heavy atom. The SMILES string of the molecule is Cc1ccc(Br)cc1N(C)C(=O)c1ccc(O)nc1C. The molecule has 0 aliphatic rings. The molecule has 4 nitrogen and oxygen atoms in total. The third-order valence-corrected chi connectivity index (χ3v) is 3.63. The second-order valence-corrected chi connectivity index (χ2v) is 5.51. The third-order valence-electron chi connectivity index (χ3n) is 3.14. The molecule has 1 aromatic heterocycles. The van der Waals surface area contributed by atoms with Crippen LogP contribution in [0.5, 0.6) is 5.88 Å². The van der Waals surface area contributed by atoms with E-state index >= 15 is 0 Å². The second-order valence-electron chi connectivity index (χ2n) is 4.60. The quantitative estimate of drug-likeness (QED) is 0.915. The minimum atomic E-state index is -0.156. The molecule has 0 spiro atoms. The predicted molar refractivity (Wildman–Crippen MR) is 82.3 cm³/mol. The van der Waals surface area contributed by atoms with E-state index in [0.29, 0.717) is 11.3 Å². The summed E-state index contributed by atoms with van der Waals surface area (Å²) >= 11 is 3.41. The second kappa shape index (κ2) is 5.63. The largest absolute Gasteiger partial charge is 0.493 e. The van der Waals surface area contributed by atoms with Gasteiger partial charge in [0.25, 0.3) is 5.91 Å². The van der Waals surface area contributed by atoms with Crippen LogP contribution < -0.4 is 4.90 Å². The molecule has 20 heavy (non-hydrogen) atoms. The van der Waals surface area contributed by atoms with Gasteiger partial charge in [0.15, 0.2) is 0 Å². The van der Waals surface area contributed by atoms with E-state index in [-0.39, 0.29) is 11.8 Å². The molecule has 0 atom stereocenters. The molecule has 0 unspecified atom stereocenters. The van der Waals surface area contributed by atoms with Crippen molar-refractivity contribution in [2.75, 3.05) is 11.9 Å². The molecular weight excluding hydrogens is 320 g/mol. The maximum atomic E-state index is 12.5. The van der Waals surface area contributed by atoms with Gasteiger partial charge in [0.05, 0.1) is 11.3 Å². The van der Waals surface area contributed by atoms with Gasteiger partial charge in [0.2, 0.25) is 5.88 Å². The van der Waals surface area contributed by atoms with Gasteiger partial charge >= 0.3 is 0 Å². The van der Waals surface area contributed by atoms with Crippen molar-refractivity contribution in [2.24, 2.45) is 0 Å². The van der Waals surface area contributed by atoms with Crippen molar-refractivity contribution in [3.05, 3.63) is 51.6 Å². The van der Waals surface area contributed by atoms with Crippen molar-refractivity contribution in [3.8, 4) is 5.88 Å². The third kappa shape index (κ3) is 2.82. The van der Waals surface area contributed by atoms with E-state index in [9.17, 15) is 9.90 Å². The molecule has 0 radical (unpaired) electrons. The Morgan fingerprint density at radius 1 is 1.25 bits per heavy atom. The molecule has 0 saturated carbocycles. The summed E-state index contributed by atoms with van der Waals surface area (Å²) in [5.74, 6) is -0.239. The number of nitrogens with zero attached hydrogens (tertiary/aromatic N) is 2. The van der Waals surface area contributed by atoms with Crippen LogP contribution in [0.1, 0.15) is 21.6 Å². The fraction of sp³-hybridized carbons (Fsp3) is 0.200. The summed E-state index contributed by atoms with van der Waals surface area (Å²) in [4.78, 5) is 18.0. The first-order valence-electron chi connectivity index (χ1n) is 6.11. The number of benzene rings is 1. The number of aromatic hydroxyl groups is 1. The Morgan fingerprint density at radius 3 is 2.60 bits per heavy atom. The zero-order chi connectivity index (χ0) is 14.9. The molecule has 2 rings (SSSR count). The molecule has 1 amide bonds. The van der Waals surface area contributed by atoms with Gasteiger partial charge in [-0.05, 0) is 37.6 Å². The molecule has 0 bridgehead atoms. The molecule has 0 saturated heterocycles. The van der Waals surface area contributed by atoms with Crippen LogP contribution in [0.15, 0.2) is 34.8 Å². The lowest BCUT2D eigenvalue weighted by molar-refractivity contribution is 0.0992. The molecule has 0 aliphatic carbocycles. The van der Waals surface area contributed by atoms with Crippen molar-refractivity contribution < 1.29 is 9.90 Å². The molecule has 0 aliphatic heterocycles. The monoisotopic (exact) mass is 334 g/mol. The Kier molecular flexibility index (Phi) is 4.09. The fourth-order valence-electron chi connectivity index (χ4n) is 2.01. The molecule has 1 heterocycles. The number of hydrogen-bond donors (Lipinski definition) is 1. The van der Waals surface area contributed by atoms with Crippen molar-refractivity contribution >= 4 is 27.5 Å². The number of anilines is 1. The van der Waals surface area contributed by atoms with Crippen LogP contribution >= 0.6 is 15.9 Å². The van der Waals surface area contributed by atoms with E-state index in [1.54, 1.807) is 24.9 Å². The highest BCUT2D eigenvalue weighted by Crippen LogP contribution is 2.25. The fourth-order valence-corrected chi connectivity index (χ4v) is 2.36. The normalized spacial score (nSPS) is 10.4. The summed E-state index contributed by atoms with van der Waals surface area (Å²) in [7, 11) is 1.73. The first-order valence-corrected chi connectivity index (χ1v) is 6.90. The number of aryl methyl sites for hydroxylation is 2. The number of rotatable bonds is 2. The molecule has 0 fully saturated rings. The number of aromatic nitrogens is 1. The summed E-state index contributed by atoms with van der Waals surface area (Å²) in [5, 5.41) is 9.31. The van der Waals surface area contributed by atoms with Crippen LogP contribution in [0.3, 0.4) is 0 Å². The van der Waals surface area contributed by atoms with Gasteiger partial charge in [-0.15, -0.1) is 0 Å². The van der Waals surface area contributed by atoms with Crippen LogP contribution in [-0.2, 0) is 0 Å². The standard InChI is InChI=1S/C15H15BrN2O2/c1-9-4-5-11(16)8-13(9)18(3)15(20)12-6-7-14(19)17-10(12)2/h4-8H,1-3H3,(H,17,19). The Balaban J connectivity index is 2.40. The Labute approximate surface area is 126 Å². The Hall–Kier alpha value is -1.88. The average molecular weight is 335 g/mol. The highest BCUT2D eigenvalue weighted by molar-refractivity contribution is 9.10. The van der Waals surface area contributed by atoms with E-state index in [1.807, 2.05) is 25.1 Å². The number of pyridine rings is 1. The highest BCUT2D eigenvalue weighted by Gasteiger charge is 2.18. The minimum Gasteiger partial charge on any atom is -0.493 e. The van der Waals surface area contributed by atoms with Gasteiger partial charge in [-0.1, -0.05) is 22.0 Å². The number of hydrogen-bond acceptors (Lipinski definition) is 3. The smallest absolute Gasteiger partial charge is 0.259 e. The van der Waals surface area contributed by atoms with Crippen molar-refractivity contribution in [1.29, 1.82) is 0 Å². The Bertz CT molecular complexity index is 671. The maximum absolute atomic E-state index is 12.5. The molecule has 1 aromatic carbocycles. The van der Waals surface area contributed by atoms with Crippen LogP contribution in [0.2, 0.25) is 0 Å². The van der Waals surface area contributed by atoms with E-state index in [4.69, 9.17) is 0 Å². The zero-order valence-electron chi connectivity index (χ0n) is 11.5. The first-order chi connectivity index (χ1) is 9.40. The van der Waals surface area contributed by atoms with Crippen LogP contribution in [0.4, 0.5) is 5.69 Å². The minimum absolute atomic E-state index is 0.0830. The van der Waals surface area contributed by atoms with Gasteiger partial charge in [0.1, 0.15) is 0 Å². The average Bonchev–Trinajstić information content (AvgIpc) is 2.40. The summed E-state index contributed by atoms with van der Waals surface area (Å²) in [6.07, 6.45) is 0. The number of carbonyl (C=O) groups is 1. The maximum Gasteiger partial charge on any atom is 0.259 e. The number of amides is 1. The van der Waals surface area contributed by atoms with Gasteiger partial charge in [-0.25, -0.2) is 4.98 Å². The molecule has 5 heteroatoms. The van der Waals surface area contributed by atoms with Crippen LogP contribution in [0, 0.1) is 13.8 Å². The van der Waals surface area contributed by atoms with Crippen molar-refractivity contribution in [1.82, 2.24) is 4.98 Å². The van der Waals surface area contributed by atoms with E-state index < -0.39 is 0 Å². The van der Waals surface area contributed by atoms with Gasteiger partial charge < -0.3 is 10.0 Å². The van der Waals surface area contributed by atoms with Gasteiger partial charge in [-0.3, -0.25) is 4.79 Å². The van der Waals surface area contributed by atoms with Gasteiger partial charge in [0, 0.05) is 23.3 Å². The lowest BCUT2D eigenvalue weighted by Crippen LogP contribution is -2.27. The predicted octanol–water partition coefficient (Wildman–Crippen LogP) is 3.44. The molecule has 1 N–H and O–H groups in total. The summed E-state index contributed by atoms with van der Waals surface area (Å²) < 4.78 is 0.915. The first kappa shape index (κ1) is 14.5. The summed E-state index contributed by atoms with van der Waals surface area (Å²) in [6, 6.07) is 8.79. The molecule has 104 valence electrons. The van der Waals surface area contributed by atoms with Crippen molar-refractivity contribution in [3.63, 3.8) is 0 Å².